The van der Waals surface area contributed by atoms with Crippen LogP contribution in [0.1, 0.15) is 73.3 Å². The number of hydrogen-bond acceptors (Lipinski definition) is 10. The number of carbonyl (C=O) groups is 7. The summed E-state index contributed by atoms with van der Waals surface area (Å²) >= 11 is 0. The van der Waals surface area contributed by atoms with E-state index in [4.69, 9.17) is 15.2 Å². The fraction of sp³-hybridized carbons (Fsp3) is 0.478. The first-order valence-corrected chi connectivity index (χ1v) is 22.1. The zero-order valence-corrected chi connectivity index (χ0v) is 36.9. The average molecular weight is 893 g/mol. The number of likely N-dealkylation sites (tertiary alicyclic amines) is 2. The molecule has 4 aliphatic rings. The number of amides is 7. The van der Waals surface area contributed by atoms with Crippen LogP contribution >= 0.6 is 0 Å². The van der Waals surface area contributed by atoms with Crippen molar-refractivity contribution in [3.05, 3.63) is 59.9 Å². The van der Waals surface area contributed by atoms with Gasteiger partial charge in [-0.05, 0) is 74.9 Å². The zero-order chi connectivity index (χ0) is 46.5. The predicted octanol–water partition coefficient (Wildman–Crippen LogP) is 2.09. The quantitative estimate of drug-likeness (QED) is 0.0913. The lowest BCUT2D eigenvalue weighted by Gasteiger charge is -2.46. The van der Waals surface area contributed by atoms with E-state index in [0.717, 1.165) is 28.2 Å². The van der Waals surface area contributed by atoms with Crippen molar-refractivity contribution < 1.29 is 43.0 Å². The number of aromatic nitrogens is 2. The molecular formula is C46H56N10O9. The number of primary amides is 1. The summed E-state index contributed by atoms with van der Waals surface area (Å²) in [6.07, 6.45) is 3.11. The second-order valence-corrected chi connectivity index (χ2v) is 17.0. The van der Waals surface area contributed by atoms with Gasteiger partial charge < -0.3 is 56.2 Å². The lowest BCUT2D eigenvalue weighted by atomic mass is 9.84. The van der Waals surface area contributed by atoms with Gasteiger partial charge in [-0.25, -0.2) is 0 Å². The van der Waals surface area contributed by atoms with Crippen LogP contribution in [-0.4, -0.2) is 126 Å². The van der Waals surface area contributed by atoms with E-state index in [1.807, 2.05) is 50.2 Å². The van der Waals surface area contributed by atoms with Gasteiger partial charge in [0.05, 0.1) is 20.3 Å². The highest BCUT2D eigenvalue weighted by Gasteiger charge is 2.48. The summed E-state index contributed by atoms with van der Waals surface area (Å²) in [6, 6.07) is 13.4. The molecule has 2 unspecified atom stereocenters. The van der Waals surface area contributed by atoms with Crippen molar-refractivity contribution in [3.63, 3.8) is 0 Å². The minimum absolute atomic E-state index is 0.0204. The summed E-state index contributed by atoms with van der Waals surface area (Å²) < 4.78 is 10.7. The van der Waals surface area contributed by atoms with Crippen LogP contribution in [0, 0.1) is 35.0 Å². The van der Waals surface area contributed by atoms with Crippen molar-refractivity contribution >= 4 is 63.2 Å². The Labute approximate surface area is 375 Å². The predicted molar refractivity (Wildman–Crippen MR) is 237 cm³/mol. The summed E-state index contributed by atoms with van der Waals surface area (Å²) in [6.45, 7) is 5.98. The van der Waals surface area contributed by atoms with Gasteiger partial charge in [0, 0.05) is 71.7 Å². The van der Waals surface area contributed by atoms with E-state index in [9.17, 15) is 38.8 Å². The smallest absolute Gasteiger partial charge is 0.271 e. The number of methoxy groups -OCH3 is 2. The van der Waals surface area contributed by atoms with Gasteiger partial charge in [-0.1, -0.05) is 26.0 Å². The molecule has 4 aliphatic heterocycles. The topological polar surface area (TPSA) is 274 Å². The van der Waals surface area contributed by atoms with Gasteiger partial charge in [-0.15, -0.1) is 0 Å². The van der Waals surface area contributed by atoms with E-state index in [-0.39, 0.29) is 66.0 Å². The Hall–Kier alpha value is -7.10. The van der Waals surface area contributed by atoms with Crippen molar-refractivity contribution in [1.29, 1.82) is 5.26 Å². The summed E-state index contributed by atoms with van der Waals surface area (Å²) in [5, 5.41) is 22.0. The largest absolute Gasteiger partial charge is 0.496 e. The number of nitrogens with two attached hydrogens (primary N) is 1. The van der Waals surface area contributed by atoms with Crippen LogP contribution in [0.5, 0.6) is 11.5 Å². The Morgan fingerprint density at radius 3 is 1.62 bits per heavy atom. The third-order valence-electron chi connectivity index (χ3n) is 13.2. The number of rotatable bonds is 15. The first kappa shape index (κ1) is 45.9. The maximum atomic E-state index is 13.2. The molecule has 65 heavy (non-hydrogen) atoms. The standard InChI is InChI=1S/C23H29N5O5.C23H27N5O4/c1-3-12-11-28(23(32)17-10-14-15(26-17)5-4-6-18(14)33-2)19(12)22(31)27-16(20(24)29)9-13-7-8-25-21(13)30;1-3-13-12-28(23(31)18-10-16-17(27-18)5-4-6-19(16)32-2)20(13)22(30)26-15(11-24)9-14-7-8-25-21(14)29/h4-6,10,12-13,16,19,26H,3,7-9,11H2,1-2H3,(H2,24,29)(H,25,30)(H,27,31);4-6,10,13-15,20,27H,3,7-9,12H2,1-2H3,(H,25,29)(H,26,30)/t12-,13-,16-,19?;13-,14-,15-,20?/m00/s1. The molecule has 8 rings (SSSR count). The molecule has 344 valence electrons. The second kappa shape index (κ2) is 19.7. The molecule has 7 amide bonds. The van der Waals surface area contributed by atoms with Crippen LogP contribution in [0.4, 0.5) is 0 Å². The number of hydrogen-bond donors (Lipinski definition) is 7. The number of aromatic amines is 2. The van der Waals surface area contributed by atoms with Crippen molar-refractivity contribution in [2.24, 2.45) is 29.4 Å². The SMILES string of the molecule is CC[C@H]1CN(C(=O)c2cc3c(OC)cccc3[nH]2)C1C(=O)N[C@@H](C[C@@H]1CCNC1=O)C(N)=O.CC[C@H]1CN(C(=O)c2cc3c(OC)cccc3[nH]2)C1C(=O)N[C@H](C#N)C[C@@H]1CCNC1=O. The van der Waals surface area contributed by atoms with Crippen LogP contribution in [0.15, 0.2) is 48.5 Å². The van der Waals surface area contributed by atoms with Gasteiger partial charge in [-0.2, -0.15) is 5.26 Å². The lowest BCUT2D eigenvalue weighted by molar-refractivity contribution is -0.137. The lowest BCUT2D eigenvalue weighted by Crippen LogP contribution is -2.66. The highest BCUT2D eigenvalue weighted by molar-refractivity contribution is 6.04. The molecule has 2 aromatic carbocycles. The molecule has 19 heteroatoms. The molecule has 4 fully saturated rings. The van der Waals surface area contributed by atoms with Crippen LogP contribution in [-0.2, 0) is 24.0 Å². The summed E-state index contributed by atoms with van der Waals surface area (Å²) in [4.78, 5) is 97.6. The third-order valence-corrected chi connectivity index (χ3v) is 13.2. The molecule has 0 aliphatic carbocycles. The van der Waals surface area contributed by atoms with E-state index >= 15 is 0 Å². The van der Waals surface area contributed by atoms with Crippen LogP contribution < -0.4 is 36.5 Å². The van der Waals surface area contributed by atoms with Gasteiger partial charge in [0.1, 0.15) is 47.1 Å². The van der Waals surface area contributed by atoms with Crippen LogP contribution in [0.25, 0.3) is 21.8 Å². The van der Waals surface area contributed by atoms with Crippen LogP contribution in [0.3, 0.4) is 0 Å². The van der Waals surface area contributed by atoms with E-state index in [0.29, 0.717) is 68.3 Å². The number of nitriles is 1. The number of fused-ring (bicyclic) bond motifs is 2. The van der Waals surface area contributed by atoms with E-state index < -0.39 is 36.0 Å². The summed E-state index contributed by atoms with van der Waals surface area (Å²) in [5.74, 6) is -1.63. The van der Waals surface area contributed by atoms with Gasteiger partial charge in [-0.3, -0.25) is 33.6 Å². The third kappa shape index (κ3) is 9.42. The van der Waals surface area contributed by atoms with E-state index in [2.05, 4.69) is 37.3 Å². The Kier molecular flexibility index (Phi) is 13.9. The molecular weight excluding hydrogens is 837 g/mol. The zero-order valence-electron chi connectivity index (χ0n) is 36.9. The molecule has 4 aromatic rings. The van der Waals surface area contributed by atoms with Gasteiger partial charge in [0.15, 0.2) is 0 Å². The number of benzene rings is 2. The summed E-state index contributed by atoms with van der Waals surface area (Å²) in [5.41, 5.74) is 7.79. The molecule has 8 N–H and O–H groups in total. The molecule has 19 nitrogen and oxygen atoms in total. The molecule has 6 heterocycles. The minimum atomic E-state index is -0.973. The number of nitrogens with one attached hydrogen (secondary N) is 6. The fourth-order valence-electron chi connectivity index (χ4n) is 9.36. The highest BCUT2D eigenvalue weighted by atomic mass is 16.5. The second-order valence-electron chi connectivity index (χ2n) is 17.0. The van der Waals surface area contributed by atoms with Crippen molar-refractivity contribution in [2.45, 2.75) is 76.5 Å². The monoisotopic (exact) mass is 892 g/mol. The maximum absolute atomic E-state index is 13.2. The Bertz CT molecular complexity index is 2530. The Morgan fingerprint density at radius 2 is 1.22 bits per heavy atom. The minimum Gasteiger partial charge on any atom is -0.496 e. The molecule has 0 spiro atoms. The van der Waals surface area contributed by atoms with Crippen molar-refractivity contribution in [1.82, 2.24) is 41.0 Å². The normalized spacial score (nSPS) is 23.1. The van der Waals surface area contributed by atoms with Crippen LogP contribution in [0.2, 0.25) is 0 Å². The molecule has 0 bridgehead atoms. The first-order chi connectivity index (χ1) is 31.3. The number of nitrogens with zero attached hydrogens (tertiary/aromatic N) is 3. The van der Waals surface area contributed by atoms with Gasteiger partial charge in [0.25, 0.3) is 11.8 Å². The number of ether oxygens (including phenoxy) is 2. The fourth-order valence-corrected chi connectivity index (χ4v) is 9.36. The molecule has 0 saturated carbocycles. The van der Waals surface area contributed by atoms with E-state index in [1.54, 1.807) is 26.4 Å². The highest BCUT2D eigenvalue weighted by Crippen LogP contribution is 2.34. The van der Waals surface area contributed by atoms with E-state index in [1.165, 1.54) is 9.80 Å². The number of H-pyrrole nitrogens is 2. The first-order valence-electron chi connectivity index (χ1n) is 22.1. The number of carbonyl (C=O) groups excluding carboxylic acids is 7. The van der Waals surface area contributed by atoms with Gasteiger partial charge in [0.2, 0.25) is 29.5 Å². The van der Waals surface area contributed by atoms with Crippen molar-refractivity contribution in [2.75, 3.05) is 40.4 Å². The molecule has 4 saturated heterocycles. The van der Waals surface area contributed by atoms with Crippen molar-refractivity contribution in [3.8, 4) is 17.6 Å². The summed E-state index contributed by atoms with van der Waals surface area (Å²) in [7, 11) is 3.14. The maximum Gasteiger partial charge on any atom is 0.271 e. The Morgan fingerprint density at radius 1 is 0.754 bits per heavy atom. The van der Waals surface area contributed by atoms with Gasteiger partial charge >= 0.3 is 0 Å². The average Bonchev–Trinajstić information content (AvgIpc) is 4.10. The molecule has 0 radical (unpaired) electrons. The Balaban J connectivity index is 0.000000194. The molecule has 2 aromatic heterocycles. The molecule has 8 atom stereocenters.